The number of rotatable bonds is 4. The van der Waals surface area contributed by atoms with Crippen LogP contribution in [-0.4, -0.2) is 44.0 Å². The largest absolute Gasteiger partial charge is 0.739 e. The van der Waals surface area contributed by atoms with Crippen LogP contribution in [0.2, 0.25) is 0 Å². The highest BCUT2D eigenvalue weighted by molar-refractivity contribution is 7.89. The average Bonchev–Trinajstić information content (AvgIpc) is 3.02. The maximum Gasteiger partial charge on any atom is 0.465 e. The molecular weight excluding hydrogens is 396 g/mol. The monoisotopic (exact) mass is 416 g/mol. The van der Waals surface area contributed by atoms with Crippen molar-refractivity contribution in [2.24, 2.45) is 0 Å². The van der Waals surface area contributed by atoms with Gasteiger partial charge in [0.05, 0.1) is 10.6 Å². The highest BCUT2D eigenvalue weighted by Crippen LogP contribution is 2.20. The van der Waals surface area contributed by atoms with Gasteiger partial charge < -0.3 is 15.7 Å². The molecule has 0 radical (unpaired) electrons. The molecule has 2 aromatic carbocycles. The molecule has 11 heteroatoms. The minimum Gasteiger partial charge on any atom is -0.739 e. The second kappa shape index (κ2) is 7.78. The van der Waals surface area contributed by atoms with Crippen LogP contribution < -0.4 is 20.2 Å². The third kappa shape index (κ3) is 3.79. The van der Waals surface area contributed by atoms with Gasteiger partial charge in [-0.25, -0.2) is 18.5 Å². The van der Waals surface area contributed by atoms with Crippen molar-refractivity contribution in [3.8, 4) is 0 Å². The Morgan fingerprint density at radius 3 is 2.48 bits per heavy atom. The number of benzene rings is 2. The molecule has 0 amide bonds. The lowest BCUT2D eigenvalue weighted by Gasteiger charge is -2.19. The van der Waals surface area contributed by atoms with Crippen molar-refractivity contribution < 1.29 is 18.0 Å². The van der Waals surface area contributed by atoms with Gasteiger partial charge >= 0.3 is 5.95 Å². The van der Waals surface area contributed by atoms with E-state index in [0.717, 1.165) is 13.0 Å². The van der Waals surface area contributed by atoms with Gasteiger partial charge in [-0.1, -0.05) is 12.1 Å². The highest BCUT2D eigenvalue weighted by Gasteiger charge is 2.25. The Morgan fingerprint density at radius 2 is 1.72 bits per heavy atom. The van der Waals surface area contributed by atoms with E-state index >= 15 is 0 Å². The van der Waals surface area contributed by atoms with Crippen molar-refractivity contribution in [1.29, 1.82) is 0 Å². The fourth-order valence-electron chi connectivity index (χ4n) is 3.22. The SMILES string of the molecule is O=S(=O)(c1ccc(Nc2n[n+]([O-])c3ccccc3[n+]2[O-])cc1)N1CCCNCC1. The third-order valence-electron chi connectivity index (χ3n) is 4.73. The normalized spacial score (nSPS) is 15.9. The van der Waals surface area contributed by atoms with Crippen LogP contribution in [0.3, 0.4) is 0 Å². The molecule has 0 aliphatic carbocycles. The van der Waals surface area contributed by atoms with E-state index in [2.05, 4.69) is 15.7 Å². The summed E-state index contributed by atoms with van der Waals surface area (Å²) in [7, 11) is -3.59. The first-order valence-electron chi connectivity index (χ1n) is 9.17. The maximum atomic E-state index is 12.8. The van der Waals surface area contributed by atoms with E-state index in [-0.39, 0.29) is 21.9 Å². The highest BCUT2D eigenvalue weighted by atomic mass is 32.2. The molecule has 2 heterocycles. The summed E-state index contributed by atoms with van der Waals surface area (Å²) < 4.78 is 27.6. The van der Waals surface area contributed by atoms with Crippen LogP contribution in [0, 0.1) is 10.4 Å². The average molecular weight is 416 g/mol. The standard InChI is InChI=1S/C18H20N6O4S/c25-23-16-4-1-2-5-17(16)24(26)21-18(23)20-14-6-8-15(9-7-14)29(27,28)22-12-3-10-19-11-13-22/h1-2,4-9,19H,3,10-13H2,(H,20,21). The molecular formula is C18H20N6O4S. The van der Waals surface area contributed by atoms with Crippen molar-refractivity contribution in [1.82, 2.24) is 14.7 Å². The van der Waals surface area contributed by atoms with Gasteiger partial charge in [0.2, 0.25) is 15.1 Å². The zero-order chi connectivity index (χ0) is 20.4. The molecule has 0 atom stereocenters. The van der Waals surface area contributed by atoms with Crippen molar-refractivity contribution in [2.75, 3.05) is 31.5 Å². The zero-order valence-corrected chi connectivity index (χ0v) is 16.3. The number of nitrogens with one attached hydrogen (secondary N) is 2. The van der Waals surface area contributed by atoms with Gasteiger partial charge in [0.1, 0.15) is 0 Å². The molecule has 1 aliphatic rings. The molecule has 3 aromatic rings. The first-order valence-corrected chi connectivity index (χ1v) is 10.6. The molecule has 152 valence electrons. The van der Waals surface area contributed by atoms with Crippen LogP contribution in [0.15, 0.2) is 53.4 Å². The van der Waals surface area contributed by atoms with Crippen LogP contribution in [0.1, 0.15) is 6.42 Å². The number of para-hydroxylation sites is 2. The number of sulfonamides is 1. The van der Waals surface area contributed by atoms with Gasteiger partial charge in [0.25, 0.3) is 5.52 Å². The Kier molecular flexibility index (Phi) is 5.18. The lowest BCUT2D eigenvalue weighted by molar-refractivity contribution is -0.672. The summed E-state index contributed by atoms with van der Waals surface area (Å²) >= 11 is 0. The predicted octanol–water partition coefficient (Wildman–Crippen LogP) is 0.229. The van der Waals surface area contributed by atoms with Crippen LogP contribution in [0.4, 0.5) is 11.6 Å². The third-order valence-corrected chi connectivity index (χ3v) is 6.64. The summed E-state index contributed by atoms with van der Waals surface area (Å²) in [5.74, 6) is -0.201. The topological polar surface area (TPSA) is 128 Å². The minimum atomic E-state index is -3.59. The summed E-state index contributed by atoms with van der Waals surface area (Å²) in [6.45, 7) is 2.30. The summed E-state index contributed by atoms with van der Waals surface area (Å²) in [5, 5.41) is 34.2. The van der Waals surface area contributed by atoms with Crippen molar-refractivity contribution >= 4 is 32.7 Å². The van der Waals surface area contributed by atoms with E-state index in [4.69, 9.17) is 0 Å². The molecule has 1 saturated heterocycles. The Hall–Kier alpha value is -3.02. The first-order chi connectivity index (χ1) is 14.0. The first kappa shape index (κ1) is 19.3. The summed E-state index contributed by atoms with van der Waals surface area (Å²) in [6, 6.07) is 12.3. The molecule has 0 unspecified atom stereocenters. The molecule has 2 N–H and O–H groups in total. The van der Waals surface area contributed by atoms with Crippen LogP contribution in [0.25, 0.3) is 11.0 Å². The van der Waals surface area contributed by atoms with Gasteiger partial charge in [-0.15, -0.1) is 0 Å². The Bertz CT molecular complexity index is 1130. The summed E-state index contributed by atoms with van der Waals surface area (Å²) in [5.41, 5.74) is 0.768. The number of anilines is 2. The van der Waals surface area contributed by atoms with E-state index in [1.807, 2.05) is 0 Å². The van der Waals surface area contributed by atoms with Gasteiger partial charge in [0, 0.05) is 30.5 Å². The second-order valence-corrected chi connectivity index (χ2v) is 8.57. The van der Waals surface area contributed by atoms with Crippen molar-refractivity contribution in [2.45, 2.75) is 11.3 Å². The van der Waals surface area contributed by atoms with Crippen LogP contribution >= 0.6 is 0 Å². The van der Waals surface area contributed by atoms with Crippen LogP contribution in [0.5, 0.6) is 0 Å². The Balaban J connectivity index is 1.59. The number of aromatic nitrogens is 3. The molecule has 29 heavy (non-hydrogen) atoms. The number of fused-ring (bicyclic) bond motifs is 1. The van der Waals surface area contributed by atoms with Crippen molar-refractivity contribution in [3.63, 3.8) is 0 Å². The quantitative estimate of drug-likeness (QED) is 0.460. The van der Waals surface area contributed by atoms with Gasteiger partial charge in [-0.2, -0.15) is 4.31 Å². The van der Waals surface area contributed by atoms with E-state index in [0.29, 0.717) is 34.9 Å². The fraction of sp³-hybridized carbons (Fsp3) is 0.278. The van der Waals surface area contributed by atoms with Gasteiger partial charge in [0.15, 0.2) is 5.52 Å². The van der Waals surface area contributed by atoms with Crippen molar-refractivity contribution in [3.05, 3.63) is 58.9 Å². The number of nitrogens with zero attached hydrogens (tertiary/aromatic N) is 4. The molecule has 0 spiro atoms. The zero-order valence-electron chi connectivity index (χ0n) is 15.5. The molecule has 0 bridgehead atoms. The lowest BCUT2D eigenvalue weighted by Crippen LogP contribution is -2.43. The van der Waals surface area contributed by atoms with Gasteiger partial charge in [-0.3, -0.25) is 0 Å². The van der Waals surface area contributed by atoms with E-state index in [1.54, 1.807) is 12.1 Å². The molecule has 1 aliphatic heterocycles. The second-order valence-electron chi connectivity index (χ2n) is 6.64. The predicted molar refractivity (Wildman–Crippen MR) is 106 cm³/mol. The Labute approximate surface area is 167 Å². The smallest absolute Gasteiger partial charge is 0.465 e. The molecule has 1 fully saturated rings. The van der Waals surface area contributed by atoms with Crippen LogP contribution in [-0.2, 0) is 10.0 Å². The van der Waals surface area contributed by atoms with Gasteiger partial charge in [-0.05, 0) is 43.3 Å². The molecule has 10 nitrogen and oxygen atoms in total. The molecule has 4 rings (SSSR count). The van der Waals surface area contributed by atoms with E-state index in [1.165, 1.54) is 40.7 Å². The number of hydrogen-bond acceptors (Lipinski definition) is 7. The Morgan fingerprint density at radius 1 is 1.00 bits per heavy atom. The summed E-state index contributed by atoms with van der Waals surface area (Å²) in [4.78, 5) is 0.545. The molecule has 1 aromatic heterocycles. The fourth-order valence-corrected chi connectivity index (χ4v) is 4.70. The summed E-state index contributed by atoms with van der Waals surface area (Å²) in [6.07, 6.45) is 0.755. The lowest BCUT2D eigenvalue weighted by atomic mass is 10.3. The van der Waals surface area contributed by atoms with E-state index < -0.39 is 10.0 Å². The van der Waals surface area contributed by atoms with E-state index in [9.17, 15) is 18.8 Å². The molecule has 0 saturated carbocycles. The maximum absolute atomic E-state index is 12.8. The minimum absolute atomic E-state index is 0.154. The number of hydrogen-bond donors (Lipinski definition) is 2.